The van der Waals surface area contributed by atoms with Crippen LogP contribution < -0.4 is 0 Å². The summed E-state index contributed by atoms with van der Waals surface area (Å²) in [6.07, 6.45) is 1.40. The number of hydrogen-bond acceptors (Lipinski definition) is 2. The number of nitrogens with zero attached hydrogens (tertiary/aromatic N) is 2. The molecule has 0 aliphatic rings. The molecule has 0 amide bonds. The van der Waals surface area contributed by atoms with E-state index in [1.165, 1.54) is 0 Å². The van der Waals surface area contributed by atoms with Gasteiger partial charge in [0, 0.05) is 18.3 Å². The van der Waals surface area contributed by atoms with Gasteiger partial charge in [-0.3, -0.25) is 4.68 Å². The van der Waals surface area contributed by atoms with Crippen LogP contribution in [-0.2, 0) is 6.54 Å². The predicted molar refractivity (Wildman–Crippen MR) is 44.4 cm³/mol. The molecule has 0 aliphatic carbocycles. The number of halogens is 4. The van der Waals surface area contributed by atoms with E-state index in [4.69, 9.17) is 0 Å². The van der Waals surface area contributed by atoms with Crippen LogP contribution in [0.1, 0.15) is 13.3 Å². The molecule has 0 N–H and O–H groups in total. The van der Waals surface area contributed by atoms with Gasteiger partial charge in [-0.15, -0.1) is 0 Å². The van der Waals surface area contributed by atoms with Gasteiger partial charge in [0.1, 0.15) is 5.03 Å². The monoisotopic (exact) mass is 228 g/mol. The molecule has 1 rings (SSSR count). The van der Waals surface area contributed by atoms with E-state index in [1.54, 1.807) is 6.92 Å². The summed E-state index contributed by atoms with van der Waals surface area (Å²) in [5.74, 6) is -0.930. The molecule has 0 radical (unpaired) electrons. The first kappa shape index (κ1) is 11.4. The van der Waals surface area contributed by atoms with Gasteiger partial charge < -0.3 is 0 Å². The van der Waals surface area contributed by atoms with E-state index in [0.717, 1.165) is 10.9 Å². The molecule has 0 saturated carbocycles. The van der Waals surface area contributed by atoms with Crippen molar-refractivity contribution in [1.82, 2.24) is 9.78 Å². The Labute approximate surface area is 82.3 Å². The van der Waals surface area contributed by atoms with Crippen molar-refractivity contribution < 1.29 is 17.6 Å². The van der Waals surface area contributed by atoms with Gasteiger partial charge >= 0.3 is 5.51 Å². The van der Waals surface area contributed by atoms with Gasteiger partial charge in [-0.25, -0.2) is 4.39 Å². The van der Waals surface area contributed by atoms with Gasteiger partial charge in [-0.1, -0.05) is 6.92 Å². The van der Waals surface area contributed by atoms with Crippen molar-refractivity contribution in [2.75, 3.05) is 0 Å². The lowest BCUT2D eigenvalue weighted by molar-refractivity contribution is -0.0332. The average Bonchev–Trinajstić information content (AvgIpc) is 2.34. The van der Waals surface area contributed by atoms with E-state index in [1.807, 2.05) is 0 Å². The van der Waals surface area contributed by atoms with Gasteiger partial charge in [0.25, 0.3) is 0 Å². The Hall–Kier alpha value is -0.720. The van der Waals surface area contributed by atoms with Crippen LogP contribution in [-0.4, -0.2) is 15.3 Å². The highest BCUT2D eigenvalue weighted by Gasteiger charge is 2.33. The molecule has 0 fully saturated rings. The van der Waals surface area contributed by atoms with Gasteiger partial charge in [0.2, 0.25) is 0 Å². The van der Waals surface area contributed by atoms with Gasteiger partial charge in [0.15, 0.2) is 5.82 Å². The summed E-state index contributed by atoms with van der Waals surface area (Å²) in [7, 11) is 0. The Morgan fingerprint density at radius 1 is 1.50 bits per heavy atom. The van der Waals surface area contributed by atoms with Crippen LogP contribution in [0.4, 0.5) is 17.6 Å². The Bertz CT molecular complexity index is 307. The van der Waals surface area contributed by atoms with Gasteiger partial charge in [-0.05, 0) is 6.42 Å². The summed E-state index contributed by atoms with van der Waals surface area (Å²) in [4.78, 5) is 0. The molecule has 0 unspecified atom stereocenters. The zero-order valence-electron chi connectivity index (χ0n) is 7.31. The van der Waals surface area contributed by atoms with Crippen LogP contribution in [0.5, 0.6) is 0 Å². The van der Waals surface area contributed by atoms with E-state index in [2.05, 4.69) is 5.10 Å². The molecule has 0 saturated heterocycles. The Balaban J connectivity index is 2.88. The lowest BCUT2D eigenvalue weighted by Crippen LogP contribution is -2.06. The average molecular weight is 228 g/mol. The fourth-order valence-corrected chi connectivity index (χ4v) is 1.55. The molecular weight excluding hydrogens is 220 g/mol. The topological polar surface area (TPSA) is 17.8 Å². The highest BCUT2D eigenvalue weighted by molar-refractivity contribution is 8.00. The first-order valence-electron chi connectivity index (χ1n) is 3.91. The minimum absolute atomic E-state index is 0.280. The van der Waals surface area contributed by atoms with Crippen molar-refractivity contribution in [2.45, 2.75) is 30.4 Å². The number of rotatable bonds is 3. The molecular formula is C7H8F4N2S. The maximum absolute atomic E-state index is 12.9. The molecule has 0 atom stereocenters. The molecule has 1 aromatic heterocycles. The van der Waals surface area contributed by atoms with E-state index in [0.29, 0.717) is 6.42 Å². The van der Waals surface area contributed by atoms with Crippen LogP contribution >= 0.6 is 11.8 Å². The summed E-state index contributed by atoms with van der Waals surface area (Å²) in [5, 5.41) is 3.04. The highest BCUT2D eigenvalue weighted by atomic mass is 32.2. The van der Waals surface area contributed by atoms with Gasteiger partial charge in [-0.2, -0.15) is 18.3 Å². The van der Waals surface area contributed by atoms with Gasteiger partial charge in [0.05, 0.1) is 6.20 Å². The van der Waals surface area contributed by atoms with E-state index in [9.17, 15) is 17.6 Å². The van der Waals surface area contributed by atoms with Crippen molar-refractivity contribution in [3.05, 3.63) is 12.0 Å². The lowest BCUT2D eigenvalue weighted by atomic mass is 10.5. The summed E-state index contributed by atoms with van der Waals surface area (Å²) in [6, 6.07) is 0. The standard InChI is InChI=1S/C7H8F4N2S/c1-2-3-13-6(5(8)4-12-13)14-7(9,10)11/h4H,2-3H2,1H3. The van der Waals surface area contributed by atoms with Crippen LogP contribution in [0.3, 0.4) is 0 Å². The molecule has 0 spiro atoms. The maximum Gasteiger partial charge on any atom is 0.447 e. The van der Waals surface area contributed by atoms with Crippen molar-refractivity contribution >= 4 is 11.8 Å². The lowest BCUT2D eigenvalue weighted by Gasteiger charge is -2.07. The molecule has 14 heavy (non-hydrogen) atoms. The number of thioether (sulfide) groups is 1. The largest absolute Gasteiger partial charge is 0.447 e. The third-order valence-electron chi connectivity index (χ3n) is 1.40. The second-order valence-corrected chi connectivity index (χ2v) is 3.62. The molecule has 0 aliphatic heterocycles. The van der Waals surface area contributed by atoms with Crippen molar-refractivity contribution in [2.24, 2.45) is 0 Å². The van der Waals surface area contributed by atoms with Crippen LogP contribution in [0, 0.1) is 5.82 Å². The molecule has 0 aromatic carbocycles. The molecule has 0 bridgehead atoms. The maximum atomic E-state index is 12.9. The molecule has 80 valence electrons. The zero-order valence-corrected chi connectivity index (χ0v) is 8.12. The normalized spacial score (nSPS) is 12.1. The quantitative estimate of drug-likeness (QED) is 0.584. The Morgan fingerprint density at radius 2 is 2.14 bits per heavy atom. The summed E-state index contributed by atoms with van der Waals surface area (Å²) in [5.41, 5.74) is -4.48. The number of aryl methyl sites for hydroxylation is 1. The first-order valence-corrected chi connectivity index (χ1v) is 4.72. The second kappa shape index (κ2) is 4.20. The second-order valence-electron chi connectivity index (χ2n) is 2.57. The zero-order chi connectivity index (χ0) is 10.8. The van der Waals surface area contributed by atoms with E-state index in [-0.39, 0.29) is 6.54 Å². The number of alkyl halides is 3. The third-order valence-corrected chi connectivity index (χ3v) is 2.23. The number of aromatic nitrogens is 2. The van der Waals surface area contributed by atoms with E-state index >= 15 is 0 Å². The predicted octanol–water partition coefficient (Wildman–Crippen LogP) is 3.04. The molecule has 2 nitrogen and oxygen atoms in total. The molecule has 1 aromatic rings. The first-order chi connectivity index (χ1) is 6.44. The minimum atomic E-state index is -4.48. The molecule has 1 heterocycles. The van der Waals surface area contributed by atoms with Crippen LogP contribution in [0.15, 0.2) is 11.2 Å². The fourth-order valence-electron chi connectivity index (χ4n) is 0.933. The molecule has 7 heteroatoms. The summed E-state index contributed by atoms with van der Waals surface area (Å²) in [6.45, 7) is 2.06. The SMILES string of the molecule is CCCn1ncc(F)c1SC(F)(F)F. The Morgan fingerprint density at radius 3 is 2.64 bits per heavy atom. The van der Waals surface area contributed by atoms with Crippen LogP contribution in [0.25, 0.3) is 0 Å². The van der Waals surface area contributed by atoms with Crippen LogP contribution in [0.2, 0.25) is 0 Å². The summed E-state index contributed by atoms with van der Waals surface area (Å²) < 4.78 is 49.8. The smallest absolute Gasteiger partial charge is 0.256 e. The van der Waals surface area contributed by atoms with Crippen molar-refractivity contribution in [3.8, 4) is 0 Å². The Kier molecular flexibility index (Phi) is 3.41. The highest BCUT2D eigenvalue weighted by Crippen LogP contribution is 2.37. The van der Waals surface area contributed by atoms with E-state index < -0.39 is 28.1 Å². The third kappa shape index (κ3) is 2.90. The summed E-state index contributed by atoms with van der Waals surface area (Å²) >= 11 is -0.474. The number of hydrogen-bond donors (Lipinski definition) is 0. The minimum Gasteiger partial charge on any atom is -0.256 e. The van der Waals surface area contributed by atoms with Crippen molar-refractivity contribution in [3.63, 3.8) is 0 Å². The van der Waals surface area contributed by atoms with Crippen molar-refractivity contribution in [1.29, 1.82) is 0 Å². The fraction of sp³-hybridized carbons (Fsp3) is 0.571.